The maximum absolute atomic E-state index is 14.3. The van der Waals surface area contributed by atoms with Crippen LogP contribution in [0.3, 0.4) is 0 Å². The van der Waals surface area contributed by atoms with Crippen molar-refractivity contribution in [3.05, 3.63) is 34.1 Å². The van der Waals surface area contributed by atoms with Crippen LogP contribution >= 0.6 is 12.6 Å². The van der Waals surface area contributed by atoms with Gasteiger partial charge in [0.15, 0.2) is 11.6 Å². The van der Waals surface area contributed by atoms with E-state index < -0.39 is 59.5 Å². The number of nitrogens with one attached hydrogen (secondary N) is 3. The molecule has 0 aliphatic heterocycles. The fourth-order valence-corrected chi connectivity index (χ4v) is 3.33. The number of nitrogens with zero attached hydrogens (tertiary/aromatic N) is 1. The fraction of sp³-hybridized carbons (Fsp3) is 0.583. The molecule has 1 rings (SSSR count). The highest BCUT2D eigenvalue weighted by atomic mass is 32.1. The lowest BCUT2D eigenvalue weighted by atomic mass is 10.0. The van der Waals surface area contributed by atoms with E-state index in [1.165, 1.54) is 13.8 Å². The molecule has 0 aromatic heterocycles. The number of carbonyl (C=O) groups is 4. The maximum atomic E-state index is 14.3. The molecule has 1 aromatic rings. The summed E-state index contributed by atoms with van der Waals surface area (Å²) in [5, 5.41) is 7.52. The molecule has 10 nitrogen and oxygen atoms in total. The van der Waals surface area contributed by atoms with E-state index in [4.69, 9.17) is 10.5 Å². The summed E-state index contributed by atoms with van der Waals surface area (Å²) in [6.07, 6.45) is -0.479. The number of quaternary nitrogens is 1. The third kappa shape index (κ3) is 10.5. The van der Waals surface area contributed by atoms with Crippen molar-refractivity contribution in [2.75, 3.05) is 46.5 Å². The summed E-state index contributed by atoms with van der Waals surface area (Å²) in [6, 6.07) is -2.36. The minimum atomic E-state index is -1.45. The summed E-state index contributed by atoms with van der Waals surface area (Å²) in [4.78, 5) is 48.5. The van der Waals surface area contributed by atoms with Gasteiger partial charge in [0.25, 0.3) is 0 Å². The highest BCUT2D eigenvalue weighted by molar-refractivity contribution is 7.80. The van der Waals surface area contributed by atoms with E-state index in [1.54, 1.807) is 0 Å². The van der Waals surface area contributed by atoms with Crippen LogP contribution in [-0.4, -0.2) is 86.8 Å². The molecule has 0 radical (unpaired) electrons. The molecule has 0 saturated heterocycles. The molecule has 14 heteroatoms. The van der Waals surface area contributed by atoms with Gasteiger partial charge >= 0.3 is 5.97 Å². The molecule has 0 unspecified atom stereocenters. The van der Waals surface area contributed by atoms with Gasteiger partial charge in [0.05, 0.1) is 46.3 Å². The summed E-state index contributed by atoms with van der Waals surface area (Å²) >= 11 is 4.04. The average molecular weight is 565 g/mol. The van der Waals surface area contributed by atoms with E-state index in [9.17, 15) is 32.3 Å². The van der Waals surface area contributed by atoms with Crippen molar-refractivity contribution in [1.82, 2.24) is 16.0 Å². The molecule has 38 heavy (non-hydrogen) atoms. The van der Waals surface area contributed by atoms with Crippen LogP contribution in [0.5, 0.6) is 0 Å². The minimum Gasteiger partial charge on any atom is -0.459 e. The molecule has 214 valence electrons. The molecule has 1 aromatic carbocycles. The van der Waals surface area contributed by atoms with E-state index in [0.717, 1.165) is 0 Å². The molecule has 0 saturated carbocycles. The molecular formula is C24H37F3N5O5S+. The van der Waals surface area contributed by atoms with Crippen LogP contribution in [0.15, 0.2) is 0 Å². The quantitative estimate of drug-likeness (QED) is 0.0949. The number of nitrogens with two attached hydrogens (primary N) is 1. The zero-order chi connectivity index (χ0) is 29.2. The summed E-state index contributed by atoms with van der Waals surface area (Å²) in [7, 11) is 5.92. The van der Waals surface area contributed by atoms with Gasteiger partial charge < -0.3 is 30.9 Å². The third-order valence-corrected chi connectivity index (χ3v) is 6.01. The van der Waals surface area contributed by atoms with E-state index in [0.29, 0.717) is 17.6 Å². The zero-order valence-electron chi connectivity index (χ0n) is 22.3. The molecule has 0 spiro atoms. The molecular weight excluding hydrogens is 527 g/mol. The topological polar surface area (TPSA) is 140 Å². The second-order valence-corrected chi connectivity index (χ2v) is 10.2. The number of benzene rings is 1. The summed E-state index contributed by atoms with van der Waals surface area (Å²) in [5.74, 6) is -6.45. The highest BCUT2D eigenvalue weighted by Crippen LogP contribution is 2.24. The molecule has 0 aliphatic rings. The number of thiol groups is 1. The number of esters is 1. The minimum absolute atomic E-state index is 0.0571. The van der Waals surface area contributed by atoms with Crippen LogP contribution in [0.1, 0.15) is 29.5 Å². The first-order chi connectivity index (χ1) is 17.6. The van der Waals surface area contributed by atoms with Crippen LogP contribution in [-0.2, 0) is 30.5 Å². The van der Waals surface area contributed by atoms with Crippen molar-refractivity contribution >= 4 is 36.3 Å². The second kappa shape index (κ2) is 14.9. The Morgan fingerprint density at radius 3 is 2.16 bits per heavy atom. The number of hydrogen-bond donors (Lipinski definition) is 5. The van der Waals surface area contributed by atoms with Crippen molar-refractivity contribution in [3.63, 3.8) is 0 Å². The lowest BCUT2D eigenvalue weighted by Gasteiger charge is -2.23. The Kier molecular flexibility index (Phi) is 13.0. The number of hydrogen-bond acceptors (Lipinski definition) is 7. The molecule has 5 N–H and O–H groups in total. The van der Waals surface area contributed by atoms with Gasteiger partial charge in [-0.15, -0.1) is 0 Å². The SMILES string of the molecule is Cc1c(C)c(F)c(COC(=O)[C@@H](N)CCC(=O)N[C@@H](CS)C(=O)NCC(=O)NCC[N+](C)(C)C)c(F)c1F. The lowest BCUT2D eigenvalue weighted by Crippen LogP contribution is -2.50. The van der Waals surface area contributed by atoms with Crippen LogP contribution in [0.25, 0.3) is 0 Å². The fourth-order valence-electron chi connectivity index (χ4n) is 3.07. The Hall–Kier alpha value is -2.84. The largest absolute Gasteiger partial charge is 0.459 e. The van der Waals surface area contributed by atoms with Crippen molar-refractivity contribution < 1.29 is 41.6 Å². The van der Waals surface area contributed by atoms with Crippen molar-refractivity contribution in [1.29, 1.82) is 0 Å². The summed E-state index contributed by atoms with van der Waals surface area (Å²) in [6.45, 7) is 2.46. The monoisotopic (exact) mass is 564 g/mol. The number of likely N-dealkylation sites (N-methyl/N-ethyl adjacent to an activating group) is 1. The number of ether oxygens (including phenoxy) is 1. The standard InChI is InChI=1S/C24H36F3N5O5S/c1-13-14(2)21(26)22(27)15(20(13)25)11-37-24(36)16(28)6-7-18(33)31-17(12-38)23(35)30-10-19(34)29-8-9-32(3,4)5/h16-17H,6-12,28H2,1-5H3,(H3-,29,30,31,33,34,35,38)/p+1/t16-,17-/m0/s1. The maximum Gasteiger partial charge on any atom is 0.323 e. The van der Waals surface area contributed by atoms with E-state index in [-0.39, 0.29) is 42.2 Å². The van der Waals surface area contributed by atoms with Crippen LogP contribution in [0.4, 0.5) is 13.2 Å². The Labute approximate surface area is 225 Å². The number of halogens is 3. The summed E-state index contributed by atoms with van der Waals surface area (Å²) < 4.78 is 47.7. The molecule has 0 fully saturated rings. The number of rotatable bonds is 14. The van der Waals surface area contributed by atoms with Gasteiger partial charge in [-0.3, -0.25) is 19.2 Å². The third-order valence-electron chi connectivity index (χ3n) is 5.65. The first-order valence-corrected chi connectivity index (χ1v) is 12.5. The molecule has 0 heterocycles. The van der Waals surface area contributed by atoms with Crippen LogP contribution in [0.2, 0.25) is 0 Å². The Morgan fingerprint density at radius 1 is 0.974 bits per heavy atom. The van der Waals surface area contributed by atoms with Gasteiger partial charge in [0.2, 0.25) is 17.7 Å². The van der Waals surface area contributed by atoms with Gasteiger partial charge in [-0.05, 0) is 31.4 Å². The van der Waals surface area contributed by atoms with E-state index in [2.05, 4.69) is 28.6 Å². The van der Waals surface area contributed by atoms with Gasteiger partial charge in [-0.25, -0.2) is 13.2 Å². The smallest absolute Gasteiger partial charge is 0.323 e. The molecule has 3 amide bonds. The van der Waals surface area contributed by atoms with Gasteiger partial charge in [-0.2, -0.15) is 12.6 Å². The van der Waals surface area contributed by atoms with E-state index >= 15 is 0 Å². The normalized spacial score (nSPS) is 12.9. The van der Waals surface area contributed by atoms with Crippen molar-refractivity contribution in [2.45, 2.75) is 45.4 Å². The molecule has 0 aliphatic carbocycles. The van der Waals surface area contributed by atoms with Gasteiger partial charge in [0.1, 0.15) is 24.5 Å². The predicted molar refractivity (Wildman–Crippen MR) is 137 cm³/mol. The van der Waals surface area contributed by atoms with Crippen molar-refractivity contribution in [3.8, 4) is 0 Å². The molecule has 2 atom stereocenters. The first kappa shape index (κ1) is 33.2. The average Bonchev–Trinajstić information content (AvgIpc) is 2.85. The summed E-state index contributed by atoms with van der Waals surface area (Å²) in [5.41, 5.74) is 4.66. The number of carbonyl (C=O) groups excluding carboxylic acids is 4. The van der Waals surface area contributed by atoms with Gasteiger partial charge in [-0.1, -0.05) is 0 Å². The predicted octanol–water partition coefficient (Wildman–Crippen LogP) is 0.225. The van der Waals surface area contributed by atoms with Crippen molar-refractivity contribution in [2.24, 2.45) is 5.73 Å². The second-order valence-electron chi connectivity index (χ2n) is 9.81. The Morgan fingerprint density at radius 2 is 1.58 bits per heavy atom. The van der Waals surface area contributed by atoms with E-state index in [1.807, 2.05) is 21.1 Å². The first-order valence-electron chi connectivity index (χ1n) is 11.9. The van der Waals surface area contributed by atoms with Gasteiger partial charge in [0, 0.05) is 12.2 Å². The zero-order valence-corrected chi connectivity index (χ0v) is 23.1. The highest BCUT2D eigenvalue weighted by Gasteiger charge is 2.24. The van der Waals surface area contributed by atoms with Crippen LogP contribution < -0.4 is 21.7 Å². The number of amides is 3. The Balaban J connectivity index is 2.50. The Bertz CT molecular complexity index is 1010. The molecule has 0 bridgehead atoms. The van der Waals surface area contributed by atoms with Crippen LogP contribution in [0, 0.1) is 31.3 Å². The lowest BCUT2D eigenvalue weighted by molar-refractivity contribution is -0.869.